The number of amides is 1. The molecule has 2 aromatic carbocycles. The molecule has 0 saturated carbocycles. The Balaban J connectivity index is 1.93. The minimum Gasteiger partial charge on any atom is -0.494 e. The second kappa shape index (κ2) is 10.1. The van der Waals surface area contributed by atoms with Gasteiger partial charge in [-0.3, -0.25) is 9.10 Å². The summed E-state index contributed by atoms with van der Waals surface area (Å²) in [5.74, 6) is 0.682. The Morgan fingerprint density at radius 1 is 1.04 bits per heavy atom. The van der Waals surface area contributed by atoms with Crippen LogP contribution < -0.4 is 9.04 Å². The first-order valence-corrected chi connectivity index (χ1v) is 11.1. The molecule has 6 nitrogen and oxygen atoms in total. The minimum absolute atomic E-state index is 0.0102. The Labute approximate surface area is 167 Å². The van der Waals surface area contributed by atoms with E-state index in [0.717, 1.165) is 5.56 Å². The van der Waals surface area contributed by atoms with Crippen molar-refractivity contribution in [2.75, 3.05) is 30.8 Å². The number of carbonyl (C=O) groups is 1. The van der Waals surface area contributed by atoms with Crippen LogP contribution in [0.1, 0.15) is 25.3 Å². The number of rotatable bonds is 10. The first kappa shape index (κ1) is 21.8. The summed E-state index contributed by atoms with van der Waals surface area (Å²) in [5, 5.41) is 0. The number of sulfonamides is 1. The molecule has 0 saturated heterocycles. The Hall–Kier alpha value is -2.54. The van der Waals surface area contributed by atoms with Gasteiger partial charge in [0.05, 0.1) is 18.6 Å². The number of carbonyl (C=O) groups excluding carboxylic acids is 1. The van der Waals surface area contributed by atoms with Crippen LogP contribution in [0.25, 0.3) is 0 Å². The molecule has 2 aromatic rings. The maximum Gasteiger partial charge on any atom is 0.232 e. The van der Waals surface area contributed by atoms with Crippen LogP contribution in [-0.4, -0.2) is 45.7 Å². The summed E-state index contributed by atoms with van der Waals surface area (Å²) in [6.07, 6.45) is 1.90. The van der Waals surface area contributed by atoms with E-state index in [1.807, 2.05) is 37.3 Å². The third-order valence-corrected chi connectivity index (χ3v) is 5.47. The zero-order chi connectivity index (χ0) is 20.6. The number of hydrogen-bond donors (Lipinski definition) is 0. The van der Waals surface area contributed by atoms with Crippen molar-refractivity contribution < 1.29 is 17.9 Å². The van der Waals surface area contributed by atoms with E-state index in [2.05, 4.69) is 0 Å². The lowest BCUT2D eigenvalue weighted by molar-refractivity contribution is -0.130. The van der Waals surface area contributed by atoms with Gasteiger partial charge in [-0.1, -0.05) is 30.3 Å². The highest BCUT2D eigenvalue weighted by Gasteiger charge is 2.18. The van der Waals surface area contributed by atoms with Crippen molar-refractivity contribution in [1.29, 1.82) is 0 Å². The van der Waals surface area contributed by atoms with Gasteiger partial charge >= 0.3 is 0 Å². The normalized spacial score (nSPS) is 11.1. The van der Waals surface area contributed by atoms with E-state index in [9.17, 15) is 13.2 Å². The molecule has 152 valence electrons. The summed E-state index contributed by atoms with van der Waals surface area (Å²) >= 11 is 0. The molecule has 0 fully saturated rings. The van der Waals surface area contributed by atoms with E-state index in [-0.39, 0.29) is 18.9 Å². The molecule has 1 amide bonds. The Morgan fingerprint density at radius 3 is 2.25 bits per heavy atom. The number of anilines is 1. The Morgan fingerprint density at radius 2 is 1.68 bits per heavy atom. The molecule has 28 heavy (non-hydrogen) atoms. The van der Waals surface area contributed by atoms with E-state index >= 15 is 0 Å². The summed E-state index contributed by atoms with van der Waals surface area (Å²) in [5.41, 5.74) is 1.63. The summed E-state index contributed by atoms with van der Waals surface area (Å²) in [6.45, 7) is 3.22. The maximum absolute atomic E-state index is 12.4. The second-order valence-electron chi connectivity index (χ2n) is 6.60. The molecule has 0 aliphatic rings. The quantitative estimate of drug-likeness (QED) is 0.609. The molecule has 0 heterocycles. The van der Waals surface area contributed by atoms with Crippen LogP contribution in [0.15, 0.2) is 54.6 Å². The Kier molecular flexibility index (Phi) is 7.87. The maximum atomic E-state index is 12.4. The molecule has 0 bridgehead atoms. The van der Waals surface area contributed by atoms with Crippen LogP contribution in [0, 0.1) is 0 Å². The molecule has 2 rings (SSSR count). The van der Waals surface area contributed by atoms with E-state index in [4.69, 9.17) is 4.74 Å². The summed E-state index contributed by atoms with van der Waals surface area (Å²) in [6, 6.07) is 16.7. The van der Waals surface area contributed by atoms with Crippen LogP contribution in [0.2, 0.25) is 0 Å². The molecule has 0 radical (unpaired) electrons. The minimum atomic E-state index is -3.44. The zero-order valence-corrected chi connectivity index (χ0v) is 17.5. The highest BCUT2D eigenvalue weighted by Crippen LogP contribution is 2.22. The first-order valence-electron chi connectivity index (χ1n) is 9.29. The fraction of sp³-hybridized carbons (Fsp3) is 0.381. The van der Waals surface area contributed by atoms with Gasteiger partial charge in [0.25, 0.3) is 0 Å². The van der Waals surface area contributed by atoms with Gasteiger partial charge in [-0.05, 0) is 43.2 Å². The average Bonchev–Trinajstić information content (AvgIpc) is 2.66. The van der Waals surface area contributed by atoms with Crippen LogP contribution in [0.5, 0.6) is 5.75 Å². The van der Waals surface area contributed by atoms with Crippen molar-refractivity contribution in [2.24, 2.45) is 0 Å². The number of nitrogens with zero attached hydrogens (tertiary/aromatic N) is 2. The highest BCUT2D eigenvalue weighted by molar-refractivity contribution is 7.92. The SMILES string of the molecule is CCOc1ccc(N(CCCC(=O)N(C)Cc2ccccc2)S(C)(=O)=O)cc1. The molecule has 7 heteroatoms. The zero-order valence-electron chi connectivity index (χ0n) is 16.7. The first-order chi connectivity index (χ1) is 13.3. The predicted molar refractivity (Wildman–Crippen MR) is 112 cm³/mol. The molecular weight excluding hydrogens is 376 g/mol. The molecular formula is C21H28N2O4S. The van der Waals surface area contributed by atoms with Crippen molar-refractivity contribution in [3.05, 3.63) is 60.2 Å². The Bertz CT molecular complexity index is 852. The van der Waals surface area contributed by atoms with Crippen molar-refractivity contribution >= 4 is 21.6 Å². The lowest BCUT2D eigenvalue weighted by atomic mass is 10.2. The summed E-state index contributed by atoms with van der Waals surface area (Å²) in [4.78, 5) is 14.0. The molecule has 0 N–H and O–H groups in total. The van der Waals surface area contributed by atoms with Crippen molar-refractivity contribution in [3.63, 3.8) is 0 Å². The van der Waals surface area contributed by atoms with Gasteiger partial charge in [0.2, 0.25) is 15.9 Å². The highest BCUT2D eigenvalue weighted by atomic mass is 32.2. The lowest BCUT2D eigenvalue weighted by Crippen LogP contribution is -2.32. The van der Waals surface area contributed by atoms with E-state index in [1.54, 1.807) is 36.2 Å². The van der Waals surface area contributed by atoms with Crippen LogP contribution in [0.3, 0.4) is 0 Å². The van der Waals surface area contributed by atoms with Crippen molar-refractivity contribution in [1.82, 2.24) is 4.90 Å². The summed E-state index contributed by atoms with van der Waals surface area (Å²) < 4.78 is 31.1. The van der Waals surface area contributed by atoms with Gasteiger partial charge in [-0.2, -0.15) is 0 Å². The van der Waals surface area contributed by atoms with Gasteiger partial charge in [0.1, 0.15) is 5.75 Å². The standard InChI is InChI=1S/C21H28N2O4S/c1-4-27-20-14-12-19(13-15-20)23(28(3,25)26)16-8-11-21(24)22(2)17-18-9-6-5-7-10-18/h5-7,9-10,12-15H,4,8,11,16-17H2,1-3H3. The fourth-order valence-corrected chi connectivity index (χ4v) is 3.84. The van der Waals surface area contributed by atoms with Crippen LogP contribution in [-0.2, 0) is 21.4 Å². The molecule has 0 atom stereocenters. The molecule has 0 aliphatic heterocycles. The van der Waals surface area contributed by atoms with E-state index in [1.165, 1.54) is 10.6 Å². The molecule has 0 unspecified atom stereocenters. The summed E-state index contributed by atoms with van der Waals surface area (Å²) in [7, 11) is -1.68. The number of benzene rings is 2. The van der Waals surface area contributed by atoms with Crippen LogP contribution >= 0.6 is 0 Å². The fourth-order valence-electron chi connectivity index (χ4n) is 2.87. The predicted octanol–water partition coefficient (Wildman–Crippen LogP) is 3.29. The average molecular weight is 405 g/mol. The lowest BCUT2D eigenvalue weighted by Gasteiger charge is -2.23. The molecule has 0 aliphatic carbocycles. The van der Waals surface area contributed by atoms with Gasteiger partial charge < -0.3 is 9.64 Å². The third-order valence-electron chi connectivity index (χ3n) is 4.28. The number of ether oxygens (including phenoxy) is 1. The van der Waals surface area contributed by atoms with Gasteiger partial charge in [-0.15, -0.1) is 0 Å². The molecule has 0 spiro atoms. The van der Waals surface area contributed by atoms with Gasteiger partial charge in [0.15, 0.2) is 0 Å². The van der Waals surface area contributed by atoms with Gasteiger partial charge in [-0.25, -0.2) is 8.42 Å². The van der Waals surface area contributed by atoms with Gasteiger partial charge in [0, 0.05) is 26.6 Å². The second-order valence-corrected chi connectivity index (χ2v) is 8.51. The third kappa shape index (κ3) is 6.56. The van der Waals surface area contributed by atoms with Crippen molar-refractivity contribution in [2.45, 2.75) is 26.3 Å². The molecule has 0 aromatic heterocycles. The topological polar surface area (TPSA) is 66.9 Å². The van der Waals surface area contributed by atoms with Crippen LogP contribution in [0.4, 0.5) is 5.69 Å². The van der Waals surface area contributed by atoms with E-state index < -0.39 is 10.0 Å². The van der Waals surface area contributed by atoms with Crippen molar-refractivity contribution in [3.8, 4) is 5.75 Å². The van der Waals surface area contributed by atoms with E-state index in [0.29, 0.717) is 31.0 Å². The largest absolute Gasteiger partial charge is 0.494 e. The monoisotopic (exact) mass is 404 g/mol. The smallest absolute Gasteiger partial charge is 0.232 e. The number of hydrogen-bond acceptors (Lipinski definition) is 4.